The number of aliphatic hydroxyl groups excluding tert-OH is 1. The molecule has 0 aliphatic heterocycles. The summed E-state index contributed by atoms with van der Waals surface area (Å²) >= 11 is 0. The molecule has 0 fully saturated rings. The molecule has 0 heterocycles. The van der Waals surface area contributed by atoms with Crippen LogP contribution in [-0.4, -0.2) is 41.3 Å². The number of nitrogens with two attached hydrogens (primary N) is 1. The van der Waals surface area contributed by atoms with Gasteiger partial charge in [-0.15, -0.1) is 0 Å². The minimum absolute atomic E-state index is 0.00615. The van der Waals surface area contributed by atoms with Crippen molar-refractivity contribution in [3.63, 3.8) is 0 Å². The molecular formula is C21H28N2O6. The highest BCUT2D eigenvalue weighted by molar-refractivity contribution is 5.94. The van der Waals surface area contributed by atoms with Crippen LogP contribution in [0, 0.1) is 5.92 Å². The lowest BCUT2D eigenvalue weighted by atomic mass is 9.98. The maximum absolute atomic E-state index is 12.6. The fourth-order valence-corrected chi connectivity index (χ4v) is 2.54. The molecule has 0 saturated carbocycles. The van der Waals surface area contributed by atoms with Crippen molar-refractivity contribution >= 4 is 23.6 Å². The number of aliphatic hydroxyl groups is 1. The van der Waals surface area contributed by atoms with Crippen LogP contribution in [0.3, 0.4) is 0 Å². The Labute approximate surface area is 170 Å². The first-order valence-corrected chi connectivity index (χ1v) is 9.33. The second-order valence-corrected chi connectivity index (χ2v) is 6.76. The highest BCUT2D eigenvalue weighted by Gasteiger charge is 2.25. The van der Waals surface area contributed by atoms with Gasteiger partial charge in [0.15, 0.2) is 5.78 Å². The Morgan fingerprint density at radius 2 is 1.83 bits per heavy atom. The highest BCUT2D eigenvalue weighted by atomic mass is 16.5. The number of Topliss-reactive ketones (excluding diaryl/α,β-unsaturated/α-hetero) is 1. The summed E-state index contributed by atoms with van der Waals surface area (Å²) in [6.45, 7) is 5.07. The van der Waals surface area contributed by atoms with Crippen molar-refractivity contribution in [1.82, 2.24) is 5.32 Å². The molecule has 29 heavy (non-hydrogen) atoms. The van der Waals surface area contributed by atoms with Gasteiger partial charge < -0.3 is 20.9 Å². The van der Waals surface area contributed by atoms with Crippen LogP contribution >= 0.6 is 0 Å². The van der Waals surface area contributed by atoms with Crippen LogP contribution in [0.25, 0.3) is 0 Å². The summed E-state index contributed by atoms with van der Waals surface area (Å²) in [5, 5.41) is 11.6. The summed E-state index contributed by atoms with van der Waals surface area (Å²) in [6.07, 6.45) is 1.43. The Hall–Kier alpha value is -3.00. The first-order chi connectivity index (χ1) is 13.8. The third-order valence-electron chi connectivity index (χ3n) is 4.29. The summed E-state index contributed by atoms with van der Waals surface area (Å²) in [5.74, 6) is -2.51. The van der Waals surface area contributed by atoms with E-state index in [1.165, 1.54) is 6.08 Å². The number of ketones is 1. The molecule has 0 saturated heterocycles. The summed E-state index contributed by atoms with van der Waals surface area (Å²) < 4.78 is 4.86. The van der Waals surface area contributed by atoms with Gasteiger partial charge in [0, 0.05) is 18.8 Å². The quantitative estimate of drug-likeness (QED) is 0.329. The Bertz CT molecular complexity index is 729. The highest BCUT2D eigenvalue weighted by Crippen LogP contribution is 2.11. The molecule has 4 N–H and O–H groups in total. The molecule has 2 atom stereocenters. The molecule has 2 unspecified atom stereocenters. The van der Waals surface area contributed by atoms with Crippen molar-refractivity contribution in [3.05, 3.63) is 48.0 Å². The average Bonchev–Trinajstić information content (AvgIpc) is 2.69. The molecule has 0 spiro atoms. The van der Waals surface area contributed by atoms with Crippen LogP contribution in [0.5, 0.6) is 0 Å². The van der Waals surface area contributed by atoms with E-state index in [9.17, 15) is 19.2 Å². The topological polar surface area (TPSA) is 136 Å². The van der Waals surface area contributed by atoms with Gasteiger partial charge in [0.05, 0.1) is 19.1 Å². The second-order valence-electron chi connectivity index (χ2n) is 6.76. The minimum atomic E-state index is -1.05. The first kappa shape index (κ1) is 24.0. The van der Waals surface area contributed by atoms with E-state index < -0.39 is 29.7 Å². The Morgan fingerprint density at radius 1 is 1.21 bits per heavy atom. The van der Waals surface area contributed by atoms with Gasteiger partial charge >= 0.3 is 5.97 Å². The lowest BCUT2D eigenvalue weighted by Gasteiger charge is -2.19. The number of hydrogen-bond donors (Lipinski definition) is 3. The lowest BCUT2D eigenvalue weighted by Crippen LogP contribution is -2.46. The smallest absolute Gasteiger partial charge is 0.306 e. The summed E-state index contributed by atoms with van der Waals surface area (Å²) in [5.41, 5.74) is 6.62. The van der Waals surface area contributed by atoms with E-state index >= 15 is 0 Å². The third-order valence-corrected chi connectivity index (χ3v) is 4.29. The molecule has 1 rings (SSSR count). The summed E-state index contributed by atoms with van der Waals surface area (Å²) in [4.78, 5) is 47.8. The molecule has 8 heteroatoms. The van der Waals surface area contributed by atoms with Gasteiger partial charge in [0.1, 0.15) is 6.61 Å². The van der Waals surface area contributed by atoms with Crippen molar-refractivity contribution in [2.24, 2.45) is 11.7 Å². The molecule has 0 radical (unpaired) electrons. The molecule has 0 aliphatic carbocycles. The van der Waals surface area contributed by atoms with Gasteiger partial charge in [-0.1, -0.05) is 43.8 Å². The number of nitrogens with one attached hydrogen (secondary N) is 1. The van der Waals surface area contributed by atoms with Crippen LogP contribution in [0.4, 0.5) is 0 Å². The van der Waals surface area contributed by atoms with E-state index in [0.29, 0.717) is 11.1 Å². The second kappa shape index (κ2) is 12.5. The number of primary amides is 1. The van der Waals surface area contributed by atoms with E-state index in [1.54, 1.807) is 31.2 Å². The number of carbonyl (C=O) groups excluding carboxylic acids is 4. The molecule has 0 bridgehead atoms. The standard InChI is InChI=1S/C21H28N2O6/c1-3-10-29-20(27)9-4-14(2)21(28)23-17(12-19(22)26)18(25)11-15-5-7-16(13-24)8-6-15/h3,5-8,14,17,24H,1,4,9-13H2,2H3,(H2,22,26)(H,23,28). The fraction of sp³-hybridized carbons (Fsp3) is 0.429. The zero-order valence-electron chi connectivity index (χ0n) is 16.6. The molecule has 1 aromatic rings. The number of ether oxygens (including phenoxy) is 1. The lowest BCUT2D eigenvalue weighted by molar-refractivity contribution is -0.143. The largest absolute Gasteiger partial charge is 0.461 e. The van der Waals surface area contributed by atoms with Crippen molar-refractivity contribution in [2.45, 2.75) is 45.3 Å². The number of benzene rings is 1. The van der Waals surface area contributed by atoms with Crippen molar-refractivity contribution in [1.29, 1.82) is 0 Å². The number of carbonyl (C=O) groups is 4. The molecule has 2 amide bonds. The van der Waals surface area contributed by atoms with Crippen LogP contribution < -0.4 is 11.1 Å². The van der Waals surface area contributed by atoms with Gasteiger partial charge in [-0.25, -0.2) is 0 Å². The van der Waals surface area contributed by atoms with Crippen LogP contribution in [0.2, 0.25) is 0 Å². The van der Waals surface area contributed by atoms with Gasteiger partial charge in [-0.05, 0) is 17.5 Å². The number of esters is 1. The summed E-state index contributed by atoms with van der Waals surface area (Å²) in [7, 11) is 0. The molecule has 1 aromatic carbocycles. The zero-order chi connectivity index (χ0) is 21.8. The van der Waals surface area contributed by atoms with Crippen molar-refractivity contribution in [2.75, 3.05) is 6.61 Å². The van der Waals surface area contributed by atoms with Crippen LogP contribution in [0.15, 0.2) is 36.9 Å². The van der Waals surface area contributed by atoms with E-state index in [2.05, 4.69) is 11.9 Å². The normalized spacial score (nSPS) is 12.5. The summed E-state index contributed by atoms with van der Waals surface area (Å²) in [6, 6.07) is 5.73. The number of rotatable bonds is 13. The van der Waals surface area contributed by atoms with Crippen molar-refractivity contribution in [3.8, 4) is 0 Å². The maximum Gasteiger partial charge on any atom is 0.306 e. The van der Waals surface area contributed by atoms with Crippen molar-refractivity contribution < 1.29 is 29.0 Å². The van der Waals surface area contributed by atoms with E-state index in [0.717, 1.165) is 0 Å². The first-order valence-electron chi connectivity index (χ1n) is 9.33. The Balaban J connectivity index is 2.67. The Kier molecular flexibility index (Phi) is 10.3. The monoisotopic (exact) mass is 404 g/mol. The van der Waals surface area contributed by atoms with E-state index in [1.807, 2.05) is 0 Å². The van der Waals surface area contributed by atoms with Gasteiger partial charge in [0.2, 0.25) is 11.8 Å². The average molecular weight is 404 g/mol. The molecule has 8 nitrogen and oxygen atoms in total. The minimum Gasteiger partial charge on any atom is -0.461 e. The van der Waals surface area contributed by atoms with Crippen LogP contribution in [0.1, 0.15) is 37.3 Å². The molecule has 0 aromatic heterocycles. The van der Waals surface area contributed by atoms with Gasteiger partial charge in [0.25, 0.3) is 0 Å². The van der Waals surface area contributed by atoms with E-state index in [4.69, 9.17) is 15.6 Å². The Morgan fingerprint density at radius 3 is 2.38 bits per heavy atom. The molecular weight excluding hydrogens is 376 g/mol. The van der Waals surface area contributed by atoms with Crippen LogP contribution in [-0.2, 0) is 36.9 Å². The predicted molar refractivity (Wildman–Crippen MR) is 106 cm³/mol. The third kappa shape index (κ3) is 9.16. The maximum atomic E-state index is 12.6. The molecule has 158 valence electrons. The zero-order valence-corrected chi connectivity index (χ0v) is 16.6. The van der Waals surface area contributed by atoms with Gasteiger partial charge in [-0.3, -0.25) is 19.2 Å². The SMILES string of the molecule is C=CCOC(=O)CCC(C)C(=O)NC(CC(N)=O)C(=O)Cc1ccc(CO)cc1. The van der Waals surface area contributed by atoms with Gasteiger partial charge in [-0.2, -0.15) is 0 Å². The number of amides is 2. The van der Waals surface area contributed by atoms with E-state index in [-0.39, 0.29) is 44.7 Å². The fourth-order valence-electron chi connectivity index (χ4n) is 2.54. The predicted octanol–water partition coefficient (Wildman–Crippen LogP) is 0.796. The molecule has 0 aliphatic rings. The number of hydrogen-bond acceptors (Lipinski definition) is 6.